The first kappa shape index (κ1) is 15.3. The maximum atomic E-state index is 12.2. The average molecular weight is 295 g/mol. The molecule has 116 valence electrons. The Labute approximate surface area is 123 Å². The standard InChI is InChI=1S/C14H21N3O4/c1-8-6-11(13(18)19)4-5-17(8)14(20)15-7-12-9(2)16-21-10(12)3/h8,11H,4-7H2,1-3H3,(H,15,20)(H,18,19). The summed E-state index contributed by atoms with van der Waals surface area (Å²) < 4.78 is 5.05. The van der Waals surface area contributed by atoms with E-state index in [0.717, 1.165) is 11.3 Å². The van der Waals surface area contributed by atoms with Gasteiger partial charge in [-0.15, -0.1) is 0 Å². The van der Waals surface area contributed by atoms with Crippen molar-refractivity contribution in [2.75, 3.05) is 6.54 Å². The first-order chi connectivity index (χ1) is 9.90. The van der Waals surface area contributed by atoms with E-state index in [9.17, 15) is 9.59 Å². The molecule has 2 heterocycles. The summed E-state index contributed by atoms with van der Waals surface area (Å²) in [4.78, 5) is 24.9. The van der Waals surface area contributed by atoms with Gasteiger partial charge in [0.2, 0.25) is 0 Å². The van der Waals surface area contributed by atoms with E-state index in [2.05, 4.69) is 10.5 Å². The molecule has 1 aliphatic rings. The van der Waals surface area contributed by atoms with Gasteiger partial charge in [0.1, 0.15) is 5.76 Å². The number of carbonyl (C=O) groups excluding carboxylic acids is 1. The van der Waals surface area contributed by atoms with E-state index in [1.165, 1.54) is 0 Å². The molecule has 0 aromatic carbocycles. The van der Waals surface area contributed by atoms with E-state index in [4.69, 9.17) is 9.63 Å². The third-order valence-corrected chi connectivity index (χ3v) is 4.08. The molecule has 0 bridgehead atoms. The molecular weight excluding hydrogens is 274 g/mol. The molecule has 2 rings (SSSR count). The molecule has 7 nitrogen and oxygen atoms in total. The van der Waals surface area contributed by atoms with E-state index in [1.807, 2.05) is 20.8 Å². The molecule has 1 aromatic rings. The number of nitrogens with zero attached hydrogens (tertiary/aromatic N) is 2. The Hall–Kier alpha value is -2.05. The zero-order chi connectivity index (χ0) is 15.6. The van der Waals surface area contributed by atoms with Crippen molar-refractivity contribution in [3.05, 3.63) is 17.0 Å². The molecule has 0 spiro atoms. The molecule has 2 atom stereocenters. The third-order valence-electron chi connectivity index (χ3n) is 4.08. The maximum Gasteiger partial charge on any atom is 0.317 e. The van der Waals surface area contributed by atoms with Crippen LogP contribution in [0.2, 0.25) is 0 Å². The Balaban J connectivity index is 1.91. The minimum Gasteiger partial charge on any atom is -0.481 e. The minimum absolute atomic E-state index is 0.0791. The monoisotopic (exact) mass is 295 g/mol. The lowest BCUT2D eigenvalue weighted by Gasteiger charge is -2.36. The zero-order valence-corrected chi connectivity index (χ0v) is 12.5. The van der Waals surface area contributed by atoms with Crippen molar-refractivity contribution in [2.45, 2.75) is 46.2 Å². The molecule has 2 N–H and O–H groups in total. The van der Waals surface area contributed by atoms with Crippen LogP contribution >= 0.6 is 0 Å². The molecule has 1 aliphatic heterocycles. The van der Waals surface area contributed by atoms with E-state index in [-0.39, 0.29) is 18.0 Å². The molecule has 1 saturated heterocycles. The molecule has 2 amide bonds. The molecule has 2 unspecified atom stereocenters. The number of hydrogen-bond donors (Lipinski definition) is 2. The van der Waals surface area contributed by atoms with Crippen molar-refractivity contribution >= 4 is 12.0 Å². The molecular formula is C14H21N3O4. The number of hydrogen-bond acceptors (Lipinski definition) is 4. The summed E-state index contributed by atoms with van der Waals surface area (Å²) in [6, 6.07) is -0.254. The average Bonchev–Trinajstić information content (AvgIpc) is 2.75. The van der Waals surface area contributed by atoms with Crippen LogP contribution in [0.25, 0.3) is 0 Å². The summed E-state index contributed by atoms with van der Waals surface area (Å²) in [7, 11) is 0. The summed E-state index contributed by atoms with van der Waals surface area (Å²) in [6.45, 7) is 6.35. The van der Waals surface area contributed by atoms with Crippen LogP contribution in [0.15, 0.2) is 4.52 Å². The van der Waals surface area contributed by atoms with Crippen molar-refractivity contribution in [3.8, 4) is 0 Å². The number of carboxylic acid groups (broad SMARTS) is 1. The number of amides is 2. The lowest BCUT2D eigenvalue weighted by atomic mass is 9.92. The van der Waals surface area contributed by atoms with E-state index in [1.54, 1.807) is 4.90 Å². The van der Waals surface area contributed by atoms with Gasteiger partial charge in [-0.1, -0.05) is 5.16 Å². The Morgan fingerprint density at radius 2 is 2.19 bits per heavy atom. The van der Waals surface area contributed by atoms with Gasteiger partial charge in [0, 0.05) is 24.7 Å². The van der Waals surface area contributed by atoms with Crippen LogP contribution in [0.5, 0.6) is 0 Å². The summed E-state index contributed by atoms with van der Waals surface area (Å²) in [6.07, 6.45) is 0.993. The number of aryl methyl sites for hydroxylation is 2. The molecule has 1 aromatic heterocycles. The largest absolute Gasteiger partial charge is 0.481 e. The summed E-state index contributed by atoms with van der Waals surface area (Å²) >= 11 is 0. The highest BCUT2D eigenvalue weighted by atomic mass is 16.5. The zero-order valence-electron chi connectivity index (χ0n) is 12.5. The maximum absolute atomic E-state index is 12.2. The number of urea groups is 1. The van der Waals surface area contributed by atoms with E-state index >= 15 is 0 Å². The second-order valence-corrected chi connectivity index (χ2v) is 5.56. The van der Waals surface area contributed by atoms with Crippen molar-refractivity contribution in [1.29, 1.82) is 0 Å². The Morgan fingerprint density at radius 3 is 2.71 bits per heavy atom. The fourth-order valence-corrected chi connectivity index (χ4v) is 2.72. The molecule has 0 saturated carbocycles. The Kier molecular flexibility index (Phi) is 4.50. The smallest absolute Gasteiger partial charge is 0.317 e. The van der Waals surface area contributed by atoms with E-state index < -0.39 is 5.97 Å². The van der Waals surface area contributed by atoms with Crippen LogP contribution < -0.4 is 5.32 Å². The minimum atomic E-state index is -0.780. The Bertz CT molecular complexity index is 521. The highest BCUT2D eigenvalue weighted by molar-refractivity contribution is 5.75. The molecule has 1 fully saturated rings. The van der Waals surface area contributed by atoms with Crippen molar-refractivity contribution < 1.29 is 19.2 Å². The van der Waals surface area contributed by atoms with Gasteiger partial charge in [-0.05, 0) is 33.6 Å². The van der Waals surface area contributed by atoms with Crippen LogP contribution in [-0.4, -0.2) is 39.8 Å². The summed E-state index contributed by atoms with van der Waals surface area (Å²) in [5.41, 5.74) is 1.65. The van der Waals surface area contributed by atoms with Crippen molar-refractivity contribution in [2.24, 2.45) is 5.92 Å². The van der Waals surface area contributed by atoms with Gasteiger partial charge in [-0.25, -0.2) is 4.79 Å². The summed E-state index contributed by atoms with van der Waals surface area (Å²) in [5.74, 6) is -0.435. The van der Waals surface area contributed by atoms with E-state index in [0.29, 0.717) is 31.7 Å². The van der Waals surface area contributed by atoms with Gasteiger partial charge in [0.15, 0.2) is 0 Å². The third kappa shape index (κ3) is 3.34. The number of rotatable bonds is 3. The second-order valence-electron chi connectivity index (χ2n) is 5.56. The number of likely N-dealkylation sites (tertiary alicyclic amines) is 1. The highest BCUT2D eigenvalue weighted by Gasteiger charge is 2.32. The van der Waals surface area contributed by atoms with Crippen LogP contribution in [-0.2, 0) is 11.3 Å². The van der Waals surface area contributed by atoms with Gasteiger partial charge in [0.25, 0.3) is 0 Å². The number of carboxylic acids is 1. The van der Waals surface area contributed by atoms with Crippen molar-refractivity contribution in [1.82, 2.24) is 15.4 Å². The van der Waals surface area contributed by atoms with Gasteiger partial charge in [-0.3, -0.25) is 4.79 Å². The first-order valence-corrected chi connectivity index (χ1v) is 7.09. The number of nitrogens with one attached hydrogen (secondary N) is 1. The number of piperidine rings is 1. The number of carbonyl (C=O) groups is 2. The topological polar surface area (TPSA) is 95.7 Å². The van der Waals surface area contributed by atoms with Crippen LogP contribution in [0.3, 0.4) is 0 Å². The highest BCUT2D eigenvalue weighted by Crippen LogP contribution is 2.23. The molecule has 0 radical (unpaired) electrons. The van der Waals surface area contributed by atoms with Gasteiger partial charge in [0.05, 0.1) is 11.6 Å². The van der Waals surface area contributed by atoms with Crippen LogP contribution in [0.4, 0.5) is 4.79 Å². The lowest BCUT2D eigenvalue weighted by Crippen LogP contribution is -2.50. The van der Waals surface area contributed by atoms with Gasteiger partial charge < -0.3 is 19.8 Å². The number of aromatic nitrogens is 1. The normalized spacial score (nSPS) is 22.1. The quantitative estimate of drug-likeness (QED) is 0.884. The molecule has 7 heteroatoms. The first-order valence-electron chi connectivity index (χ1n) is 7.09. The lowest BCUT2D eigenvalue weighted by molar-refractivity contribution is -0.143. The SMILES string of the molecule is Cc1noc(C)c1CNC(=O)N1CCC(C(=O)O)CC1C. The van der Waals surface area contributed by atoms with Crippen LogP contribution in [0, 0.1) is 19.8 Å². The Morgan fingerprint density at radius 1 is 1.48 bits per heavy atom. The van der Waals surface area contributed by atoms with Gasteiger partial charge >= 0.3 is 12.0 Å². The second kappa shape index (κ2) is 6.15. The molecule has 21 heavy (non-hydrogen) atoms. The number of aliphatic carboxylic acids is 1. The predicted molar refractivity (Wildman–Crippen MR) is 74.7 cm³/mol. The van der Waals surface area contributed by atoms with Crippen LogP contribution in [0.1, 0.15) is 36.8 Å². The fraction of sp³-hybridized carbons (Fsp3) is 0.643. The predicted octanol–water partition coefficient (Wildman–Crippen LogP) is 1.69. The molecule has 0 aliphatic carbocycles. The fourth-order valence-electron chi connectivity index (χ4n) is 2.72. The van der Waals surface area contributed by atoms with Gasteiger partial charge in [-0.2, -0.15) is 0 Å². The van der Waals surface area contributed by atoms with Crippen molar-refractivity contribution in [3.63, 3.8) is 0 Å². The summed E-state index contributed by atoms with van der Waals surface area (Å²) in [5, 5.41) is 15.7.